The lowest BCUT2D eigenvalue weighted by atomic mass is 10.00. The van der Waals surface area contributed by atoms with Crippen LogP contribution in [0.3, 0.4) is 0 Å². The van der Waals surface area contributed by atoms with Crippen LogP contribution in [-0.4, -0.2) is 35.7 Å². The first-order valence-corrected chi connectivity index (χ1v) is 9.01. The molecular weight excluding hydrogens is 300 g/mol. The van der Waals surface area contributed by atoms with Crippen molar-refractivity contribution in [3.8, 4) is 0 Å². The Morgan fingerprint density at radius 3 is 2.67 bits per heavy atom. The predicted octanol–water partition coefficient (Wildman–Crippen LogP) is 4.18. The number of likely N-dealkylation sites (tertiary alicyclic amines) is 1. The predicted molar refractivity (Wildman–Crippen MR) is 98.2 cm³/mol. The second-order valence-electron chi connectivity index (χ2n) is 7.92. The molecule has 4 heteroatoms. The zero-order valence-corrected chi connectivity index (χ0v) is 15.8. The SMILES string of the molecule is Cc1ccc(CN2CCCCC2CNC(=O)OC(C)(C)C)cc1C. The number of amides is 1. The maximum absolute atomic E-state index is 11.9. The van der Waals surface area contributed by atoms with E-state index in [0.717, 1.165) is 19.5 Å². The van der Waals surface area contributed by atoms with Gasteiger partial charge >= 0.3 is 6.09 Å². The molecule has 1 fully saturated rings. The Morgan fingerprint density at radius 2 is 2.00 bits per heavy atom. The van der Waals surface area contributed by atoms with Crippen molar-refractivity contribution >= 4 is 6.09 Å². The number of nitrogens with zero attached hydrogens (tertiary/aromatic N) is 1. The number of piperidine rings is 1. The van der Waals surface area contributed by atoms with Crippen molar-refractivity contribution in [1.82, 2.24) is 10.2 Å². The summed E-state index contributed by atoms with van der Waals surface area (Å²) in [5, 5.41) is 2.94. The third kappa shape index (κ3) is 5.82. The van der Waals surface area contributed by atoms with E-state index in [1.165, 1.54) is 29.5 Å². The van der Waals surface area contributed by atoms with Gasteiger partial charge in [0.05, 0.1) is 0 Å². The number of ether oxygens (including phenoxy) is 1. The van der Waals surface area contributed by atoms with Gasteiger partial charge in [0.15, 0.2) is 0 Å². The van der Waals surface area contributed by atoms with E-state index in [1.54, 1.807) is 0 Å². The van der Waals surface area contributed by atoms with Gasteiger partial charge in [0, 0.05) is 19.1 Å². The van der Waals surface area contributed by atoms with Crippen LogP contribution in [0.1, 0.15) is 56.7 Å². The van der Waals surface area contributed by atoms with Crippen molar-refractivity contribution in [1.29, 1.82) is 0 Å². The Morgan fingerprint density at radius 1 is 1.25 bits per heavy atom. The molecule has 2 rings (SSSR count). The topological polar surface area (TPSA) is 41.6 Å². The molecule has 0 radical (unpaired) electrons. The second kappa shape index (κ2) is 8.02. The normalized spacial score (nSPS) is 19.1. The summed E-state index contributed by atoms with van der Waals surface area (Å²) in [6.45, 7) is 12.7. The van der Waals surface area contributed by atoms with Crippen LogP contribution in [0.25, 0.3) is 0 Å². The quantitative estimate of drug-likeness (QED) is 0.899. The number of rotatable bonds is 4. The van der Waals surface area contributed by atoms with Crippen LogP contribution in [-0.2, 0) is 11.3 Å². The molecule has 0 aliphatic carbocycles. The van der Waals surface area contributed by atoms with Crippen LogP contribution in [0.5, 0.6) is 0 Å². The van der Waals surface area contributed by atoms with E-state index in [2.05, 4.69) is 42.3 Å². The summed E-state index contributed by atoms with van der Waals surface area (Å²) >= 11 is 0. The number of aryl methyl sites for hydroxylation is 2. The van der Waals surface area contributed by atoms with E-state index in [1.807, 2.05) is 20.8 Å². The number of carbonyl (C=O) groups excluding carboxylic acids is 1. The lowest BCUT2D eigenvalue weighted by Gasteiger charge is -2.36. The third-order valence-electron chi connectivity index (χ3n) is 4.59. The van der Waals surface area contributed by atoms with Crippen LogP contribution >= 0.6 is 0 Å². The fourth-order valence-corrected chi connectivity index (χ4v) is 3.15. The van der Waals surface area contributed by atoms with Crippen LogP contribution in [0.2, 0.25) is 0 Å². The highest BCUT2D eigenvalue weighted by Gasteiger charge is 2.24. The number of hydrogen-bond acceptors (Lipinski definition) is 3. The molecule has 1 atom stereocenters. The molecule has 0 bridgehead atoms. The number of alkyl carbamates (subject to hydrolysis) is 1. The molecule has 1 aliphatic rings. The summed E-state index contributed by atoms with van der Waals surface area (Å²) < 4.78 is 5.34. The van der Waals surface area contributed by atoms with Crippen molar-refractivity contribution < 1.29 is 9.53 Å². The van der Waals surface area contributed by atoms with Gasteiger partial charge in [-0.2, -0.15) is 0 Å². The molecule has 0 aromatic heterocycles. The minimum Gasteiger partial charge on any atom is -0.444 e. The van der Waals surface area contributed by atoms with Crippen LogP contribution in [0, 0.1) is 13.8 Å². The van der Waals surface area contributed by atoms with Crippen LogP contribution in [0.15, 0.2) is 18.2 Å². The fourth-order valence-electron chi connectivity index (χ4n) is 3.15. The summed E-state index contributed by atoms with van der Waals surface area (Å²) in [5.41, 5.74) is 3.58. The Hall–Kier alpha value is -1.55. The number of carbonyl (C=O) groups is 1. The summed E-state index contributed by atoms with van der Waals surface area (Å²) in [6.07, 6.45) is 3.26. The molecular formula is C20H32N2O2. The van der Waals surface area contributed by atoms with E-state index >= 15 is 0 Å². The van der Waals surface area contributed by atoms with Gasteiger partial charge in [0.25, 0.3) is 0 Å². The Balaban J connectivity index is 1.92. The van der Waals surface area contributed by atoms with Crippen molar-refractivity contribution in [2.45, 2.75) is 72.1 Å². The molecule has 1 N–H and O–H groups in total. The second-order valence-corrected chi connectivity index (χ2v) is 7.92. The standard InChI is InChI=1S/C20H32N2O2/c1-15-9-10-17(12-16(15)2)14-22-11-7-6-8-18(22)13-21-19(23)24-20(3,4)5/h9-10,12,18H,6-8,11,13-14H2,1-5H3,(H,21,23). The van der Waals surface area contributed by atoms with E-state index in [4.69, 9.17) is 4.74 Å². The molecule has 1 amide bonds. The third-order valence-corrected chi connectivity index (χ3v) is 4.59. The van der Waals surface area contributed by atoms with Gasteiger partial charge in [-0.25, -0.2) is 4.79 Å². The number of hydrogen-bond donors (Lipinski definition) is 1. The van der Waals surface area contributed by atoms with E-state index in [9.17, 15) is 4.79 Å². The maximum Gasteiger partial charge on any atom is 0.407 e. The minimum atomic E-state index is -0.449. The Labute approximate surface area is 146 Å². The Bertz CT molecular complexity index is 563. The molecule has 1 heterocycles. The zero-order valence-electron chi connectivity index (χ0n) is 15.8. The van der Waals surface area contributed by atoms with Crippen molar-refractivity contribution in [2.24, 2.45) is 0 Å². The first kappa shape index (κ1) is 18.8. The number of nitrogens with one attached hydrogen (secondary N) is 1. The van der Waals surface area contributed by atoms with Crippen LogP contribution < -0.4 is 5.32 Å². The van der Waals surface area contributed by atoms with Gasteiger partial charge in [-0.15, -0.1) is 0 Å². The van der Waals surface area contributed by atoms with E-state index in [-0.39, 0.29) is 6.09 Å². The molecule has 1 unspecified atom stereocenters. The van der Waals surface area contributed by atoms with Crippen molar-refractivity contribution in [2.75, 3.05) is 13.1 Å². The van der Waals surface area contributed by atoms with Gasteiger partial charge in [0.2, 0.25) is 0 Å². The highest BCUT2D eigenvalue weighted by Crippen LogP contribution is 2.20. The molecule has 1 aromatic carbocycles. The van der Waals surface area contributed by atoms with Gasteiger partial charge in [-0.05, 0) is 70.7 Å². The molecule has 4 nitrogen and oxygen atoms in total. The minimum absolute atomic E-state index is 0.320. The van der Waals surface area contributed by atoms with E-state index < -0.39 is 5.60 Å². The van der Waals surface area contributed by atoms with Crippen molar-refractivity contribution in [3.05, 3.63) is 34.9 Å². The van der Waals surface area contributed by atoms with Gasteiger partial charge < -0.3 is 10.1 Å². The molecule has 134 valence electrons. The Kier molecular flexibility index (Phi) is 6.27. The average Bonchev–Trinajstić information content (AvgIpc) is 2.48. The average molecular weight is 332 g/mol. The van der Waals surface area contributed by atoms with Crippen molar-refractivity contribution in [3.63, 3.8) is 0 Å². The smallest absolute Gasteiger partial charge is 0.407 e. The summed E-state index contributed by atoms with van der Waals surface area (Å²) in [5.74, 6) is 0. The molecule has 1 aromatic rings. The van der Waals surface area contributed by atoms with E-state index in [0.29, 0.717) is 12.6 Å². The first-order valence-electron chi connectivity index (χ1n) is 9.01. The molecule has 0 spiro atoms. The molecule has 1 aliphatic heterocycles. The lowest BCUT2D eigenvalue weighted by Crippen LogP contribution is -2.47. The zero-order chi connectivity index (χ0) is 17.7. The monoisotopic (exact) mass is 332 g/mol. The summed E-state index contributed by atoms with van der Waals surface area (Å²) in [6, 6.07) is 7.08. The molecule has 1 saturated heterocycles. The highest BCUT2D eigenvalue weighted by molar-refractivity contribution is 5.67. The first-order chi connectivity index (χ1) is 11.2. The molecule has 0 saturated carbocycles. The summed E-state index contributed by atoms with van der Waals surface area (Å²) in [4.78, 5) is 14.4. The summed E-state index contributed by atoms with van der Waals surface area (Å²) in [7, 11) is 0. The lowest BCUT2D eigenvalue weighted by molar-refractivity contribution is 0.0492. The van der Waals surface area contributed by atoms with Gasteiger partial charge in [-0.1, -0.05) is 24.6 Å². The maximum atomic E-state index is 11.9. The van der Waals surface area contributed by atoms with Gasteiger partial charge in [-0.3, -0.25) is 4.90 Å². The largest absolute Gasteiger partial charge is 0.444 e. The fraction of sp³-hybridized carbons (Fsp3) is 0.650. The molecule has 24 heavy (non-hydrogen) atoms. The van der Waals surface area contributed by atoms with Gasteiger partial charge in [0.1, 0.15) is 5.60 Å². The number of benzene rings is 1. The van der Waals surface area contributed by atoms with Crippen LogP contribution in [0.4, 0.5) is 4.79 Å². The highest BCUT2D eigenvalue weighted by atomic mass is 16.6.